The van der Waals surface area contributed by atoms with Crippen molar-refractivity contribution in [3.05, 3.63) is 20.8 Å². The Morgan fingerprint density at radius 2 is 2.30 bits per heavy atom. The SMILES string of the molecule is CCn1c(SCCCOC)nc2sc3c(c2c1=O)CCC(C)C3. The first kappa shape index (κ1) is 17.0. The van der Waals surface area contributed by atoms with Gasteiger partial charge in [-0.05, 0) is 44.1 Å². The third-order valence-corrected chi connectivity index (χ3v) is 6.63. The van der Waals surface area contributed by atoms with Crippen LogP contribution in [0.2, 0.25) is 0 Å². The molecule has 0 amide bonds. The molecule has 1 aliphatic rings. The van der Waals surface area contributed by atoms with Crippen molar-refractivity contribution in [3.63, 3.8) is 0 Å². The highest BCUT2D eigenvalue weighted by molar-refractivity contribution is 7.99. The Kier molecular flexibility index (Phi) is 5.44. The first-order valence-electron chi connectivity index (χ1n) is 8.32. The number of thioether (sulfide) groups is 1. The van der Waals surface area contributed by atoms with E-state index >= 15 is 0 Å². The minimum absolute atomic E-state index is 0.152. The van der Waals surface area contributed by atoms with Crippen LogP contribution in [0.5, 0.6) is 0 Å². The summed E-state index contributed by atoms with van der Waals surface area (Å²) in [5.41, 5.74) is 1.43. The van der Waals surface area contributed by atoms with E-state index in [9.17, 15) is 4.79 Å². The molecule has 0 aromatic carbocycles. The molecule has 0 N–H and O–H groups in total. The molecule has 2 aromatic heterocycles. The molecule has 0 radical (unpaired) electrons. The molecule has 0 saturated carbocycles. The van der Waals surface area contributed by atoms with Gasteiger partial charge in [0.05, 0.1) is 5.39 Å². The number of hydrogen-bond donors (Lipinski definition) is 0. The number of nitrogens with zero attached hydrogens (tertiary/aromatic N) is 2. The molecule has 1 aliphatic carbocycles. The van der Waals surface area contributed by atoms with E-state index in [1.165, 1.54) is 16.9 Å². The molecule has 3 rings (SSSR count). The van der Waals surface area contributed by atoms with Crippen LogP contribution >= 0.6 is 23.1 Å². The van der Waals surface area contributed by atoms with Gasteiger partial charge in [0, 0.05) is 30.9 Å². The summed E-state index contributed by atoms with van der Waals surface area (Å²) < 4.78 is 6.93. The molecule has 2 heterocycles. The van der Waals surface area contributed by atoms with Crippen molar-refractivity contribution in [3.8, 4) is 0 Å². The number of methoxy groups -OCH3 is 1. The third-order valence-electron chi connectivity index (χ3n) is 4.42. The van der Waals surface area contributed by atoms with E-state index < -0.39 is 0 Å². The Bertz CT molecular complexity index is 751. The molecule has 0 saturated heterocycles. The number of ether oxygens (including phenoxy) is 1. The first-order valence-corrected chi connectivity index (χ1v) is 10.1. The predicted octanol–water partition coefficient (Wildman–Crippen LogP) is 3.73. The van der Waals surface area contributed by atoms with Gasteiger partial charge in [-0.1, -0.05) is 18.7 Å². The molecule has 1 atom stereocenters. The van der Waals surface area contributed by atoms with Crippen molar-refractivity contribution < 1.29 is 4.74 Å². The molecule has 0 fully saturated rings. The molecule has 0 aliphatic heterocycles. The van der Waals surface area contributed by atoms with E-state index in [1.807, 2.05) is 11.5 Å². The lowest BCUT2D eigenvalue weighted by atomic mass is 9.89. The predicted molar refractivity (Wildman–Crippen MR) is 98.0 cm³/mol. The minimum atomic E-state index is 0.152. The van der Waals surface area contributed by atoms with Gasteiger partial charge in [0.1, 0.15) is 4.83 Å². The molecule has 0 bridgehead atoms. The topological polar surface area (TPSA) is 44.1 Å². The van der Waals surface area contributed by atoms with Crippen molar-refractivity contribution in [1.29, 1.82) is 0 Å². The van der Waals surface area contributed by atoms with E-state index in [1.54, 1.807) is 30.2 Å². The van der Waals surface area contributed by atoms with E-state index in [0.29, 0.717) is 12.5 Å². The van der Waals surface area contributed by atoms with Crippen LogP contribution in [-0.4, -0.2) is 29.0 Å². The van der Waals surface area contributed by atoms with Crippen LogP contribution in [-0.2, 0) is 24.1 Å². The van der Waals surface area contributed by atoms with Crippen LogP contribution in [0.25, 0.3) is 10.2 Å². The molecule has 4 nitrogen and oxygen atoms in total. The van der Waals surface area contributed by atoms with Crippen molar-refractivity contribution in [1.82, 2.24) is 9.55 Å². The van der Waals surface area contributed by atoms with Crippen LogP contribution in [0.1, 0.15) is 37.1 Å². The van der Waals surface area contributed by atoms with Gasteiger partial charge in [-0.2, -0.15) is 0 Å². The van der Waals surface area contributed by atoms with Gasteiger partial charge in [-0.3, -0.25) is 9.36 Å². The van der Waals surface area contributed by atoms with E-state index in [0.717, 1.165) is 47.0 Å². The largest absolute Gasteiger partial charge is 0.385 e. The number of rotatable bonds is 6. The third kappa shape index (κ3) is 3.35. The van der Waals surface area contributed by atoms with Crippen molar-refractivity contribution >= 4 is 33.3 Å². The van der Waals surface area contributed by atoms with Crippen molar-refractivity contribution in [2.24, 2.45) is 5.92 Å². The average Bonchev–Trinajstić information content (AvgIpc) is 2.89. The molecule has 126 valence electrons. The van der Waals surface area contributed by atoms with Crippen LogP contribution < -0.4 is 5.56 Å². The first-order chi connectivity index (χ1) is 11.2. The maximum atomic E-state index is 13.0. The fourth-order valence-electron chi connectivity index (χ4n) is 3.16. The van der Waals surface area contributed by atoms with Gasteiger partial charge >= 0.3 is 0 Å². The monoisotopic (exact) mass is 352 g/mol. The average molecular weight is 353 g/mol. The minimum Gasteiger partial charge on any atom is -0.385 e. The lowest BCUT2D eigenvalue weighted by Crippen LogP contribution is -2.23. The molecule has 0 spiro atoms. The van der Waals surface area contributed by atoms with E-state index in [2.05, 4.69) is 6.92 Å². The highest BCUT2D eigenvalue weighted by atomic mass is 32.2. The highest BCUT2D eigenvalue weighted by Gasteiger charge is 2.24. The maximum Gasteiger partial charge on any atom is 0.263 e. The summed E-state index contributed by atoms with van der Waals surface area (Å²) >= 11 is 3.40. The van der Waals surface area contributed by atoms with E-state index in [-0.39, 0.29) is 5.56 Å². The van der Waals surface area contributed by atoms with Crippen LogP contribution in [0.4, 0.5) is 0 Å². The summed E-state index contributed by atoms with van der Waals surface area (Å²) in [4.78, 5) is 20.1. The summed E-state index contributed by atoms with van der Waals surface area (Å²) in [5, 5.41) is 1.74. The Morgan fingerprint density at radius 3 is 3.04 bits per heavy atom. The van der Waals surface area contributed by atoms with Crippen molar-refractivity contribution in [2.75, 3.05) is 19.5 Å². The summed E-state index contributed by atoms with van der Waals surface area (Å²) in [6.45, 7) is 5.74. The number of hydrogen-bond acceptors (Lipinski definition) is 5. The zero-order valence-corrected chi connectivity index (χ0v) is 15.7. The Labute approximate surface area is 145 Å². The Morgan fingerprint density at radius 1 is 1.48 bits per heavy atom. The van der Waals surface area contributed by atoms with Gasteiger partial charge in [-0.25, -0.2) is 4.98 Å². The lowest BCUT2D eigenvalue weighted by molar-refractivity contribution is 0.200. The smallest absolute Gasteiger partial charge is 0.263 e. The lowest BCUT2D eigenvalue weighted by Gasteiger charge is -2.17. The molecular weight excluding hydrogens is 328 g/mol. The van der Waals surface area contributed by atoms with Crippen LogP contribution in [0.15, 0.2) is 9.95 Å². The highest BCUT2D eigenvalue weighted by Crippen LogP contribution is 2.36. The van der Waals surface area contributed by atoms with Gasteiger partial charge < -0.3 is 4.74 Å². The summed E-state index contributed by atoms with van der Waals surface area (Å²) in [7, 11) is 1.72. The quantitative estimate of drug-likeness (QED) is 0.451. The van der Waals surface area contributed by atoms with Crippen LogP contribution in [0, 0.1) is 5.92 Å². The zero-order chi connectivity index (χ0) is 16.4. The summed E-state index contributed by atoms with van der Waals surface area (Å²) in [5.74, 6) is 1.64. The standard InChI is InChI=1S/C17H24N2O2S2/c1-4-19-16(20)14-12-7-6-11(2)10-13(12)23-15(14)18-17(19)22-9-5-8-21-3/h11H,4-10H2,1-3H3. The molecule has 2 aromatic rings. The molecule has 1 unspecified atom stereocenters. The van der Waals surface area contributed by atoms with Gasteiger partial charge in [0.15, 0.2) is 5.16 Å². The van der Waals surface area contributed by atoms with Gasteiger partial charge in [-0.15, -0.1) is 11.3 Å². The second-order valence-corrected chi connectivity index (χ2v) is 8.32. The summed E-state index contributed by atoms with van der Waals surface area (Å²) in [6.07, 6.45) is 4.27. The molecule has 23 heavy (non-hydrogen) atoms. The van der Waals surface area contributed by atoms with Gasteiger partial charge in [0.2, 0.25) is 0 Å². The number of aryl methyl sites for hydroxylation is 1. The fourth-order valence-corrected chi connectivity index (χ4v) is 5.56. The molecule has 6 heteroatoms. The summed E-state index contributed by atoms with van der Waals surface area (Å²) in [6, 6.07) is 0. The van der Waals surface area contributed by atoms with E-state index in [4.69, 9.17) is 9.72 Å². The van der Waals surface area contributed by atoms with Gasteiger partial charge in [0.25, 0.3) is 5.56 Å². The van der Waals surface area contributed by atoms with Crippen LogP contribution in [0.3, 0.4) is 0 Å². The molecular formula is C17H24N2O2S2. The number of thiophene rings is 1. The second-order valence-electron chi connectivity index (χ2n) is 6.17. The number of aromatic nitrogens is 2. The zero-order valence-electron chi connectivity index (χ0n) is 14.1. The fraction of sp³-hybridized carbons (Fsp3) is 0.647. The second kappa shape index (κ2) is 7.36. The maximum absolute atomic E-state index is 13.0. The van der Waals surface area contributed by atoms with Crippen molar-refractivity contribution in [2.45, 2.75) is 51.2 Å². The Hall–Kier alpha value is -0.850. The Balaban J connectivity index is 2.00. The normalized spacial score (nSPS) is 17.6. The number of fused-ring (bicyclic) bond motifs is 3.